The third-order valence-electron chi connectivity index (χ3n) is 2.79. The van der Waals surface area contributed by atoms with Crippen LogP contribution in [-0.4, -0.2) is 11.1 Å². The van der Waals surface area contributed by atoms with E-state index < -0.39 is 17.8 Å². The van der Waals surface area contributed by atoms with Crippen molar-refractivity contribution in [2.45, 2.75) is 13.0 Å². The summed E-state index contributed by atoms with van der Waals surface area (Å²) in [4.78, 5) is 11.3. The molecule has 4 heteroatoms. The van der Waals surface area contributed by atoms with Gasteiger partial charge in [-0.2, -0.15) is 0 Å². The predicted molar refractivity (Wildman–Crippen MR) is 71.6 cm³/mol. The van der Waals surface area contributed by atoms with Crippen LogP contribution in [0.25, 0.3) is 0 Å². The maximum atomic E-state index is 13.8. The van der Waals surface area contributed by atoms with Gasteiger partial charge in [0.25, 0.3) is 0 Å². The summed E-state index contributed by atoms with van der Waals surface area (Å²) in [5, 5.41) is 12.1. The zero-order valence-corrected chi connectivity index (χ0v) is 10.4. The van der Waals surface area contributed by atoms with Crippen LogP contribution < -0.4 is 5.32 Å². The van der Waals surface area contributed by atoms with Crippen LogP contribution in [0.1, 0.15) is 17.2 Å². The van der Waals surface area contributed by atoms with Gasteiger partial charge in [-0.3, -0.25) is 0 Å². The van der Waals surface area contributed by atoms with Crippen LogP contribution in [0.3, 0.4) is 0 Å². The Morgan fingerprint density at radius 2 is 1.89 bits per heavy atom. The summed E-state index contributed by atoms with van der Waals surface area (Å²) in [7, 11) is 0. The normalized spacial score (nSPS) is 11.9. The number of carboxylic acids is 1. The van der Waals surface area contributed by atoms with E-state index in [4.69, 9.17) is 0 Å². The van der Waals surface area contributed by atoms with E-state index in [-0.39, 0.29) is 5.56 Å². The number of hydrogen-bond acceptors (Lipinski definition) is 2. The Hall–Kier alpha value is -2.36. The van der Waals surface area contributed by atoms with Crippen molar-refractivity contribution < 1.29 is 14.3 Å². The first-order valence-electron chi connectivity index (χ1n) is 5.88. The van der Waals surface area contributed by atoms with Gasteiger partial charge in [-0.05, 0) is 25.1 Å². The van der Waals surface area contributed by atoms with Crippen LogP contribution in [0.4, 0.5) is 10.1 Å². The number of nitrogens with one attached hydrogen (secondary N) is 1. The van der Waals surface area contributed by atoms with Gasteiger partial charge in [0.15, 0.2) is 6.04 Å². The number of aliphatic carboxylic acids is 1. The molecule has 1 atom stereocenters. The van der Waals surface area contributed by atoms with Crippen molar-refractivity contribution in [2.75, 3.05) is 5.32 Å². The fraction of sp³-hybridized carbons (Fsp3) is 0.133. The van der Waals surface area contributed by atoms with Crippen molar-refractivity contribution in [1.29, 1.82) is 0 Å². The van der Waals surface area contributed by atoms with E-state index in [1.807, 2.05) is 6.07 Å². The van der Waals surface area contributed by atoms with Crippen LogP contribution in [0, 0.1) is 12.7 Å². The molecule has 0 fully saturated rings. The highest BCUT2D eigenvalue weighted by atomic mass is 19.1. The lowest BCUT2D eigenvalue weighted by atomic mass is 10.0. The molecule has 19 heavy (non-hydrogen) atoms. The molecule has 0 aliphatic rings. The molecule has 3 nitrogen and oxygen atoms in total. The lowest BCUT2D eigenvalue weighted by Crippen LogP contribution is -2.21. The minimum absolute atomic E-state index is 0.136. The molecule has 1 unspecified atom stereocenters. The number of para-hydroxylation sites is 1. The smallest absolute Gasteiger partial charge is 0.330 e. The molecule has 0 saturated heterocycles. The fourth-order valence-corrected chi connectivity index (χ4v) is 1.86. The second kappa shape index (κ2) is 5.52. The molecule has 2 aromatic carbocycles. The number of anilines is 1. The molecule has 0 aliphatic heterocycles. The zero-order valence-electron chi connectivity index (χ0n) is 10.4. The van der Waals surface area contributed by atoms with Gasteiger partial charge < -0.3 is 10.4 Å². The third-order valence-corrected chi connectivity index (χ3v) is 2.79. The lowest BCUT2D eigenvalue weighted by Gasteiger charge is -2.17. The minimum Gasteiger partial charge on any atom is -0.479 e. The van der Waals surface area contributed by atoms with Gasteiger partial charge in [0, 0.05) is 11.3 Å². The van der Waals surface area contributed by atoms with E-state index in [1.54, 1.807) is 43.3 Å². The van der Waals surface area contributed by atoms with Crippen molar-refractivity contribution in [3.8, 4) is 0 Å². The van der Waals surface area contributed by atoms with E-state index in [9.17, 15) is 14.3 Å². The standard InChI is InChI=1S/C15H14FNO2/c1-10-7-8-13(16)12(9-10)14(15(18)19)17-11-5-3-2-4-6-11/h2-9,14,17H,1H3,(H,18,19). The SMILES string of the molecule is Cc1ccc(F)c(C(Nc2ccccc2)C(=O)O)c1. The Morgan fingerprint density at radius 1 is 1.21 bits per heavy atom. The van der Waals surface area contributed by atoms with E-state index in [2.05, 4.69) is 5.32 Å². The van der Waals surface area contributed by atoms with Crippen molar-refractivity contribution in [1.82, 2.24) is 0 Å². The van der Waals surface area contributed by atoms with Crippen LogP contribution in [0.15, 0.2) is 48.5 Å². The zero-order chi connectivity index (χ0) is 13.8. The lowest BCUT2D eigenvalue weighted by molar-refractivity contribution is -0.138. The molecule has 0 amide bonds. The molecule has 0 aliphatic carbocycles. The first-order chi connectivity index (χ1) is 9.08. The summed E-state index contributed by atoms with van der Waals surface area (Å²) in [5.41, 5.74) is 1.59. The fourth-order valence-electron chi connectivity index (χ4n) is 1.86. The molecule has 0 heterocycles. The molecule has 2 aromatic rings. The van der Waals surface area contributed by atoms with Crippen molar-refractivity contribution in [3.63, 3.8) is 0 Å². The molecule has 0 bridgehead atoms. The second-order valence-electron chi connectivity index (χ2n) is 4.31. The van der Waals surface area contributed by atoms with E-state index in [0.717, 1.165) is 5.56 Å². The average Bonchev–Trinajstić information content (AvgIpc) is 2.40. The first kappa shape index (κ1) is 13.1. The summed E-state index contributed by atoms with van der Waals surface area (Å²) in [5.74, 6) is -1.64. The van der Waals surface area contributed by atoms with E-state index in [0.29, 0.717) is 5.69 Å². The molecule has 98 valence electrons. The topological polar surface area (TPSA) is 49.3 Å². The predicted octanol–water partition coefficient (Wildman–Crippen LogP) is 3.37. The van der Waals surface area contributed by atoms with Gasteiger partial charge in [-0.15, -0.1) is 0 Å². The number of rotatable bonds is 4. The molecule has 2 N–H and O–H groups in total. The monoisotopic (exact) mass is 259 g/mol. The first-order valence-corrected chi connectivity index (χ1v) is 5.88. The Morgan fingerprint density at radius 3 is 2.53 bits per heavy atom. The van der Waals surface area contributed by atoms with Gasteiger partial charge in [-0.1, -0.05) is 35.9 Å². The van der Waals surface area contributed by atoms with Crippen LogP contribution in [0.5, 0.6) is 0 Å². The van der Waals surface area contributed by atoms with Crippen LogP contribution in [-0.2, 0) is 4.79 Å². The molecular weight excluding hydrogens is 245 g/mol. The Balaban J connectivity index is 2.35. The maximum absolute atomic E-state index is 13.8. The molecule has 0 aromatic heterocycles. The second-order valence-corrected chi connectivity index (χ2v) is 4.31. The summed E-state index contributed by atoms with van der Waals surface area (Å²) in [6.45, 7) is 1.80. The summed E-state index contributed by atoms with van der Waals surface area (Å²) < 4.78 is 13.8. The highest BCUT2D eigenvalue weighted by Crippen LogP contribution is 2.23. The van der Waals surface area contributed by atoms with Crippen molar-refractivity contribution in [2.24, 2.45) is 0 Å². The van der Waals surface area contributed by atoms with Crippen molar-refractivity contribution in [3.05, 3.63) is 65.5 Å². The largest absolute Gasteiger partial charge is 0.479 e. The number of carboxylic acid groups (broad SMARTS) is 1. The number of carbonyl (C=O) groups is 1. The van der Waals surface area contributed by atoms with Crippen molar-refractivity contribution >= 4 is 11.7 Å². The third kappa shape index (κ3) is 3.10. The van der Waals surface area contributed by atoms with E-state index in [1.165, 1.54) is 6.07 Å². The van der Waals surface area contributed by atoms with Gasteiger partial charge in [0.2, 0.25) is 0 Å². The Kier molecular flexibility index (Phi) is 3.80. The quantitative estimate of drug-likeness (QED) is 0.885. The molecule has 0 spiro atoms. The number of hydrogen-bond donors (Lipinski definition) is 2. The molecule has 2 rings (SSSR count). The molecular formula is C15H14FNO2. The Bertz CT molecular complexity index is 584. The highest BCUT2D eigenvalue weighted by Gasteiger charge is 2.23. The maximum Gasteiger partial charge on any atom is 0.330 e. The molecule has 0 saturated carbocycles. The summed E-state index contributed by atoms with van der Waals surface area (Å²) in [6, 6.07) is 12.2. The van der Waals surface area contributed by atoms with E-state index >= 15 is 0 Å². The minimum atomic E-state index is -1.12. The van der Waals surface area contributed by atoms with Gasteiger partial charge in [0.1, 0.15) is 5.82 Å². The van der Waals surface area contributed by atoms with Crippen LogP contribution in [0.2, 0.25) is 0 Å². The summed E-state index contributed by atoms with van der Waals surface area (Å²) in [6.07, 6.45) is 0. The average molecular weight is 259 g/mol. The number of aryl methyl sites for hydroxylation is 1. The van der Waals surface area contributed by atoms with Crippen LogP contribution >= 0.6 is 0 Å². The Labute approximate surface area is 110 Å². The van der Waals surface area contributed by atoms with Gasteiger partial charge in [-0.25, -0.2) is 9.18 Å². The highest BCUT2D eigenvalue weighted by molar-refractivity contribution is 5.79. The number of benzene rings is 2. The molecule has 0 radical (unpaired) electrons. The van der Waals surface area contributed by atoms with Gasteiger partial charge >= 0.3 is 5.97 Å². The number of halogens is 1. The summed E-state index contributed by atoms with van der Waals surface area (Å²) >= 11 is 0. The van der Waals surface area contributed by atoms with Gasteiger partial charge in [0.05, 0.1) is 0 Å².